The van der Waals surface area contributed by atoms with Gasteiger partial charge in [-0.05, 0) is 31.5 Å². The van der Waals surface area contributed by atoms with Crippen molar-refractivity contribution in [1.82, 2.24) is 9.78 Å². The molecule has 0 saturated carbocycles. The van der Waals surface area contributed by atoms with Crippen LogP contribution in [-0.4, -0.2) is 16.3 Å². The van der Waals surface area contributed by atoms with Gasteiger partial charge in [0.05, 0.1) is 5.52 Å². The molecule has 0 aliphatic carbocycles. The molecule has 1 aromatic carbocycles. The number of hydrogen-bond donors (Lipinski definition) is 1. The summed E-state index contributed by atoms with van der Waals surface area (Å²) in [4.78, 5) is 0. The predicted octanol–water partition coefficient (Wildman–Crippen LogP) is 2.21. The van der Waals surface area contributed by atoms with E-state index < -0.39 is 0 Å². The first-order valence-corrected chi connectivity index (χ1v) is 5.49. The number of nitrogens with zero attached hydrogens (tertiary/aromatic N) is 2. The molecule has 2 N–H and O–H groups in total. The molecule has 0 atom stereocenters. The fourth-order valence-corrected chi connectivity index (χ4v) is 2.16. The number of rotatable bonds is 3. The maximum absolute atomic E-state index is 6.12. The second kappa shape index (κ2) is 4.21. The van der Waals surface area contributed by atoms with Gasteiger partial charge in [-0.3, -0.25) is 4.68 Å². The summed E-state index contributed by atoms with van der Waals surface area (Å²) in [5.74, 6) is 0. The lowest BCUT2D eigenvalue weighted by molar-refractivity contribution is 0.684. The van der Waals surface area contributed by atoms with Crippen molar-refractivity contribution in [3.8, 4) is 0 Å². The molecule has 0 bridgehead atoms. The third kappa shape index (κ3) is 1.73. The molecule has 0 radical (unpaired) electrons. The first kappa shape index (κ1) is 10.5. The van der Waals surface area contributed by atoms with Crippen LogP contribution in [0.1, 0.15) is 12.5 Å². The zero-order valence-corrected chi connectivity index (χ0v) is 9.46. The van der Waals surface area contributed by atoms with Gasteiger partial charge in [0.2, 0.25) is 0 Å². The predicted molar refractivity (Wildman–Crippen MR) is 63.2 cm³/mol. The van der Waals surface area contributed by atoms with E-state index in [4.69, 9.17) is 17.3 Å². The van der Waals surface area contributed by atoms with Crippen molar-refractivity contribution in [3.05, 3.63) is 28.9 Å². The molecule has 4 heteroatoms. The van der Waals surface area contributed by atoms with Crippen molar-refractivity contribution in [2.45, 2.75) is 19.9 Å². The summed E-state index contributed by atoms with van der Waals surface area (Å²) in [6, 6.07) is 6.12. The van der Waals surface area contributed by atoms with Crippen LogP contribution in [0.15, 0.2) is 18.2 Å². The van der Waals surface area contributed by atoms with Crippen LogP contribution in [0.5, 0.6) is 0 Å². The number of aromatic nitrogens is 2. The molecule has 2 aromatic rings. The second-order valence-corrected chi connectivity index (χ2v) is 3.81. The van der Waals surface area contributed by atoms with Gasteiger partial charge in [0.25, 0.3) is 0 Å². The fourth-order valence-electron chi connectivity index (χ4n) is 1.85. The topological polar surface area (TPSA) is 43.8 Å². The molecule has 0 saturated heterocycles. The van der Waals surface area contributed by atoms with Crippen molar-refractivity contribution >= 4 is 22.5 Å². The second-order valence-electron chi connectivity index (χ2n) is 3.46. The zero-order chi connectivity index (χ0) is 10.8. The molecule has 0 aliphatic rings. The molecule has 0 spiro atoms. The molecule has 2 rings (SSSR count). The first-order valence-electron chi connectivity index (χ1n) is 5.12. The minimum atomic E-state index is 0.580. The van der Waals surface area contributed by atoms with E-state index in [9.17, 15) is 0 Å². The minimum Gasteiger partial charge on any atom is -0.330 e. The Balaban J connectivity index is 2.68. The summed E-state index contributed by atoms with van der Waals surface area (Å²) in [5.41, 5.74) is 7.84. The molecule has 0 fully saturated rings. The van der Waals surface area contributed by atoms with Crippen LogP contribution in [0.4, 0.5) is 0 Å². The molecule has 0 unspecified atom stereocenters. The maximum atomic E-state index is 6.12. The van der Waals surface area contributed by atoms with Crippen LogP contribution in [0.2, 0.25) is 5.15 Å². The Morgan fingerprint density at radius 2 is 2.27 bits per heavy atom. The summed E-state index contributed by atoms with van der Waals surface area (Å²) in [7, 11) is 0. The van der Waals surface area contributed by atoms with Crippen LogP contribution in [-0.2, 0) is 13.0 Å². The molecule has 1 heterocycles. The van der Waals surface area contributed by atoms with Gasteiger partial charge in [-0.25, -0.2) is 0 Å². The van der Waals surface area contributed by atoms with Gasteiger partial charge >= 0.3 is 0 Å². The molecule has 1 aromatic heterocycles. The van der Waals surface area contributed by atoms with Crippen molar-refractivity contribution in [1.29, 1.82) is 0 Å². The quantitative estimate of drug-likeness (QED) is 0.867. The summed E-state index contributed by atoms with van der Waals surface area (Å²) >= 11 is 6.12. The highest BCUT2D eigenvalue weighted by molar-refractivity contribution is 6.34. The average Bonchev–Trinajstić information content (AvgIpc) is 2.57. The van der Waals surface area contributed by atoms with E-state index in [2.05, 4.69) is 18.1 Å². The Hall–Kier alpha value is -1.06. The number of hydrogen-bond acceptors (Lipinski definition) is 2. The minimum absolute atomic E-state index is 0.580. The van der Waals surface area contributed by atoms with E-state index in [1.165, 1.54) is 5.56 Å². The third-order valence-corrected chi connectivity index (χ3v) is 2.80. The van der Waals surface area contributed by atoms with Gasteiger partial charge in [-0.1, -0.05) is 23.7 Å². The van der Waals surface area contributed by atoms with Crippen molar-refractivity contribution < 1.29 is 0 Å². The van der Waals surface area contributed by atoms with Crippen LogP contribution >= 0.6 is 11.6 Å². The lowest BCUT2D eigenvalue weighted by Crippen LogP contribution is -2.03. The maximum Gasteiger partial charge on any atom is 0.159 e. The Morgan fingerprint density at radius 1 is 1.47 bits per heavy atom. The molecular weight excluding hydrogens is 210 g/mol. The number of halogens is 1. The molecule has 15 heavy (non-hydrogen) atoms. The number of benzene rings is 1. The van der Waals surface area contributed by atoms with Crippen LogP contribution < -0.4 is 5.73 Å². The first-order chi connectivity index (χ1) is 7.27. The zero-order valence-electron chi connectivity index (χ0n) is 8.70. The van der Waals surface area contributed by atoms with Gasteiger partial charge in [-0.2, -0.15) is 5.10 Å². The van der Waals surface area contributed by atoms with E-state index in [0.29, 0.717) is 11.7 Å². The van der Waals surface area contributed by atoms with E-state index >= 15 is 0 Å². The lowest BCUT2D eigenvalue weighted by atomic mass is 10.1. The highest BCUT2D eigenvalue weighted by Crippen LogP contribution is 2.26. The number of nitrogens with two attached hydrogens (primary N) is 1. The van der Waals surface area contributed by atoms with Gasteiger partial charge < -0.3 is 5.73 Å². The molecule has 0 aliphatic heterocycles. The summed E-state index contributed by atoms with van der Waals surface area (Å²) in [5, 5.41) is 5.92. The van der Waals surface area contributed by atoms with E-state index in [-0.39, 0.29) is 0 Å². The van der Waals surface area contributed by atoms with Crippen molar-refractivity contribution in [3.63, 3.8) is 0 Å². The van der Waals surface area contributed by atoms with Gasteiger partial charge in [0, 0.05) is 11.9 Å². The Kier molecular flexibility index (Phi) is 2.93. The lowest BCUT2D eigenvalue weighted by Gasteiger charge is -2.02. The molecule has 80 valence electrons. The largest absolute Gasteiger partial charge is 0.330 e. The normalized spacial score (nSPS) is 11.1. The molecular formula is C11H14ClN3. The third-order valence-electron chi connectivity index (χ3n) is 2.53. The average molecular weight is 224 g/mol. The Bertz CT molecular complexity index is 476. The van der Waals surface area contributed by atoms with Gasteiger partial charge in [-0.15, -0.1) is 0 Å². The highest BCUT2D eigenvalue weighted by atomic mass is 35.5. The monoisotopic (exact) mass is 223 g/mol. The summed E-state index contributed by atoms with van der Waals surface area (Å²) < 4.78 is 1.91. The highest BCUT2D eigenvalue weighted by Gasteiger charge is 2.10. The molecule has 3 nitrogen and oxygen atoms in total. The smallest absolute Gasteiger partial charge is 0.159 e. The van der Waals surface area contributed by atoms with E-state index in [1.807, 2.05) is 16.8 Å². The van der Waals surface area contributed by atoms with Gasteiger partial charge in [0.1, 0.15) is 0 Å². The van der Waals surface area contributed by atoms with E-state index in [1.54, 1.807) is 0 Å². The summed E-state index contributed by atoms with van der Waals surface area (Å²) in [6.45, 7) is 3.51. The standard InChI is InChI=1S/C11H14ClN3/c1-2-15-9-5-3-4-8(6-7-13)10(9)11(12)14-15/h3-5H,2,6-7,13H2,1H3. The molecule has 0 amide bonds. The van der Waals surface area contributed by atoms with Crippen molar-refractivity contribution in [2.24, 2.45) is 5.73 Å². The number of fused-ring (bicyclic) bond motifs is 1. The van der Waals surface area contributed by atoms with Gasteiger partial charge in [0.15, 0.2) is 5.15 Å². The number of aryl methyl sites for hydroxylation is 1. The van der Waals surface area contributed by atoms with Crippen LogP contribution in [0.25, 0.3) is 10.9 Å². The Morgan fingerprint density at radius 3 is 2.93 bits per heavy atom. The van der Waals surface area contributed by atoms with Crippen LogP contribution in [0, 0.1) is 0 Å². The Labute approximate surface area is 93.8 Å². The van der Waals surface area contributed by atoms with Crippen LogP contribution in [0.3, 0.4) is 0 Å². The summed E-state index contributed by atoms with van der Waals surface area (Å²) in [6.07, 6.45) is 0.840. The van der Waals surface area contributed by atoms with Crippen molar-refractivity contribution in [2.75, 3.05) is 6.54 Å². The fraction of sp³-hybridized carbons (Fsp3) is 0.364. The van der Waals surface area contributed by atoms with E-state index in [0.717, 1.165) is 23.9 Å². The SMILES string of the molecule is CCn1nc(Cl)c2c(CCN)cccc21.